The van der Waals surface area contributed by atoms with Crippen LogP contribution in [0.2, 0.25) is 0 Å². The molecule has 1 aromatic heterocycles. The molecule has 0 radical (unpaired) electrons. The molecule has 1 aliphatic carbocycles. The highest BCUT2D eigenvalue weighted by Crippen LogP contribution is 2.40. The van der Waals surface area contributed by atoms with Crippen LogP contribution in [0.4, 0.5) is 5.82 Å². The lowest BCUT2D eigenvalue weighted by Gasteiger charge is -2.38. The van der Waals surface area contributed by atoms with Gasteiger partial charge in [-0.3, -0.25) is 0 Å². The lowest BCUT2D eigenvalue weighted by atomic mass is 9.89. The third-order valence-electron chi connectivity index (χ3n) is 4.28. The summed E-state index contributed by atoms with van der Waals surface area (Å²) >= 11 is 0. The molecular weight excluding hydrogens is 238 g/mol. The number of ether oxygens (including phenoxy) is 1. The fourth-order valence-corrected chi connectivity index (χ4v) is 3.32. The van der Waals surface area contributed by atoms with Crippen molar-refractivity contribution in [2.24, 2.45) is 0 Å². The van der Waals surface area contributed by atoms with Gasteiger partial charge in [-0.25, -0.2) is 4.98 Å². The maximum Gasteiger partial charge on any atom is 0.144 e. The summed E-state index contributed by atoms with van der Waals surface area (Å²) in [4.78, 5) is 4.28. The zero-order valence-electron chi connectivity index (χ0n) is 11.1. The lowest BCUT2D eigenvalue weighted by molar-refractivity contribution is -0.0767. The molecule has 4 nitrogen and oxygen atoms in total. The number of aromatic nitrogens is 1. The summed E-state index contributed by atoms with van der Waals surface area (Å²) < 4.78 is 6.03. The molecule has 19 heavy (non-hydrogen) atoms. The van der Waals surface area contributed by atoms with E-state index in [0.29, 0.717) is 17.4 Å². The van der Waals surface area contributed by atoms with Crippen LogP contribution >= 0.6 is 0 Å². The van der Waals surface area contributed by atoms with E-state index in [4.69, 9.17) is 10.00 Å². The van der Waals surface area contributed by atoms with Crippen LogP contribution in [0.25, 0.3) is 0 Å². The number of nitrogens with one attached hydrogen (secondary N) is 1. The van der Waals surface area contributed by atoms with E-state index >= 15 is 0 Å². The van der Waals surface area contributed by atoms with Crippen molar-refractivity contribution in [1.29, 1.82) is 5.26 Å². The third-order valence-corrected chi connectivity index (χ3v) is 4.28. The molecule has 1 saturated heterocycles. The van der Waals surface area contributed by atoms with E-state index in [-0.39, 0.29) is 5.60 Å². The Kier molecular flexibility index (Phi) is 3.39. The third kappa shape index (κ3) is 2.57. The molecular formula is C15H19N3O. The van der Waals surface area contributed by atoms with Crippen molar-refractivity contribution >= 4 is 5.82 Å². The van der Waals surface area contributed by atoms with Crippen molar-refractivity contribution < 1.29 is 4.74 Å². The average Bonchev–Trinajstić information content (AvgIpc) is 2.87. The number of anilines is 1. The average molecular weight is 257 g/mol. The standard InChI is InChI=1S/C15H19N3O/c16-11-12-4-3-8-17-14(12)18-13-5-9-19-15(10-13)6-1-2-7-15/h3-4,8,13H,1-2,5-7,9-10H2,(H,17,18)/t13-/m1/s1. The first-order valence-electron chi connectivity index (χ1n) is 7.07. The van der Waals surface area contributed by atoms with Gasteiger partial charge >= 0.3 is 0 Å². The maximum atomic E-state index is 9.10. The monoisotopic (exact) mass is 257 g/mol. The van der Waals surface area contributed by atoms with Crippen LogP contribution in [0.3, 0.4) is 0 Å². The fraction of sp³-hybridized carbons (Fsp3) is 0.600. The van der Waals surface area contributed by atoms with Crippen LogP contribution in [-0.4, -0.2) is 23.2 Å². The molecule has 1 aliphatic heterocycles. The van der Waals surface area contributed by atoms with Crippen LogP contribution < -0.4 is 5.32 Å². The van der Waals surface area contributed by atoms with E-state index in [1.165, 1.54) is 25.7 Å². The molecule has 0 unspecified atom stereocenters. The Labute approximate surface area is 113 Å². The van der Waals surface area contributed by atoms with Gasteiger partial charge in [0.05, 0.1) is 11.2 Å². The number of pyridine rings is 1. The fourth-order valence-electron chi connectivity index (χ4n) is 3.32. The highest BCUT2D eigenvalue weighted by Gasteiger charge is 2.40. The van der Waals surface area contributed by atoms with E-state index in [0.717, 1.165) is 19.4 Å². The maximum absolute atomic E-state index is 9.10. The zero-order valence-corrected chi connectivity index (χ0v) is 11.1. The van der Waals surface area contributed by atoms with Crippen LogP contribution in [-0.2, 0) is 4.74 Å². The van der Waals surface area contributed by atoms with Gasteiger partial charge < -0.3 is 10.1 Å². The molecule has 0 aromatic carbocycles. The van der Waals surface area contributed by atoms with Gasteiger partial charge in [-0.1, -0.05) is 12.8 Å². The van der Waals surface area contributed by atoms with Crippen LogP contribution in [0.1, 0.15) is 44.1 Å². The Morgan fingerprint density at radius 3 is 3.05 bits per heavy atom. The Bertz CT molecular complexity index is 488. The highest BCUT2D eigenvalue weighted by atomic mass is 16.5. The van der Waals surface area contributed by atoms with Gasteiger partial charge in [-0.2, -0.15) is 5.26 Å². The topological polar surface area (TPSA) is 57.9 Å². The van der Waals surface area contributed by atoms with Gasteiger partial charge in [0.2, 0.25) is 0 Å². The molecule has 1 atom stereocenters. The molecule has 1 saturated carbocycles. The summed E-state index contributed by atoms with van der Waals surface area (Å²) in [7, 11) is 0. The minimum atomic E-state index is 0.0947. The number of nitriles is 1. The first-order chi connectivity index (χ1) is 9.31. The van der Waals surface area contributed by atoms with E-state index in [9.17, 15) is 0 Å². The minimum absolute atomic E-state index is 0.0947. The summed E-state index contributed by atoms with van der Waals surface area (Å²) in [5, 5.41) is 12.5. The molecule has 2 aliphatic rings. The van der Waals surface area contributed by atoms with Crippen LogP contribution in [0, 0.1) is 11.3 Å². The molecule has 4 heteroatoms. The Morgan fingerprint density at radius 2 is 2.26 bits per heavy atom. The summed E-state index contributed by atoms with van der Waals surface area (Å²) in [5.74, 6) is 0.713. The van der Waals surface area contributed by atoms with Crippen LogP contribution in [0.15, 0.2) is 18.3 Å². The van der Waals surface area contributed by atoms with Crippen molar-refractivity contribution in [2.75, 3.05) is 11.9 Å². The van der Waals surface area contributed by atoms with Gasteiger partial charge in [0.15, 0.2) is 0 Å². The lowest BCUT2D eigenvalue weighted by Crippen LogP contribution is -2.42. The second-order valence-electron chi connectivity index (χ2n) is 5.58. The molecule has 1 spiro atoms. The summed E-state index contributed by atoms with van der Waals surface area (Å²) in [6, 6.07) is 6.16. The molecule has 1 aromatic rings. The minimum Gasteiger partial charge on any atom is -0.375 e. The molecule has 2 fully saturated rings. The number of nitrogens with zero attached hydrogens (tertiary/aromatic N) is 2. The summed E-state index contributed by atoms with van der Waals surface area (Å²) in [5.41, 5.74) is 0.715. The number of rotatable bonds is 2. The Balaban J connectivity index is 1.71. The second kappa shape index (κ2) is 5.18. The van der Waals surface area contributed by atoms with Crippen molar-refractivity contribution in [2.45, 2.75) is 50.2 Å². The van der Waals surface area contributed by atoms with E-state index < -0.39 is 0 Å². The van der Waals surface area contributed by atoms with Gasteiger partial charge in [0.1, 0.15) is 11.9 Å². The first-order valence-corrected chi connectivity index (χ1v) is 7.07. The molecule has 0 amide bonds. The van der Waals surface area contributed by atoms with Crippen molar-refractivity contribution in [1.82, 2.24) is 4.98 Å². The van der Waals surface area contributed by atoms with Gasteiger partial charge in [0.25, 0.3) is 0 Å². The predicted molar refractivity (Wildman–Crippen MR) is 72.7 cm³/mol. The van der Waals surface area contributed by atoms with Gasteiger partial charge in [-0.05, 0) is 37.8 Å². The Hall–Kier alpha value is -1.60. The number of hydrogen-bond acceptors (Lipinski definition) is 4. The van der Waals surface area contributed by atoms with Gasteiger partial charge in [0, 0.05) is 18.8 Å². The highest BCUT2D eigenvalue weighted by molar-refractivity contribution is 5.51. The second-order valence-corrected chi connectivity index (χ2v) is 5.58. The van der Waals surface area contributed by atoms with Crippen LogP contribution in [0.5, 0.6) is 0 Å². The quantitative estimate of drug-likeness (QED) is 0.885. The van der Waals surface area contributed by atoms with E-state index in [2.05, 4.69) is 16.4 Å². The van der Waals surface area contributed by atoms with Gasteiger partial charge in [-0.15, -0.1) is 0 Å². The molecule has 100 valence electrons. The smallest absolute Gasteiger partial charge is 0.144 e. The largest absolute Gasteiger partial charge is 0.375 e. The molecule has 1 N–H and O–H groups in total. The molecule has 0 bridgehead atoms. The first kappa shape index (κ1) is 12.4. The zero-order chi connectivity index (χ0) is 13.1. The SMILES string of the molecule is N#Cc1cccnc1N[C@@H]1CCOC2(CCCC2)C1. The number of hydrogen-bond donors (Lipinski definition) is 1. The van der Waals surface area contributed by atoms with Crippen molar-refractivity contribution in [3.05, 3.63) is 23.9 Å². The predicted octanol–water partition coefficient (Wildman–Crippen LogP) is 2.86. The van der Waals surface area contributed by atoms with Crippen molar-refractivity contribution in [3.8, 4) is 6.07 Å². The summed E-state index contributed by atoms with van der Waals surface area (Å²) in [6.07, 6.45) is 8.67. The molecule has 2 heterocycles. The molecule has 3 rings (SSSR count). The Morgan fingerprint density at radius 1 is 1.42 bits per heavy atom. The summed E-state index contributed by atoms with van der Waals surface area (Å²) in [6.45, 7) is 0.812. The van der Waals surface area contributed by atoms with Crippen molar-refractivity contribution in [3.63, 3.8) is 0 Å². The normalized spacial score (nSPS) is 25.1. The van der Waals surface area contributed by atoms with E-state index in [1.807, 2.05) is 0 Å². The van der Waals surface area contributed by atoms with E-state index in [1.54, 1.807) is 18.3 Å².